The minimum Gasteiger partial charge on any atom is -0.548 e. The van der Waals surface area contributed by atoms with Crippen molar-refractivity contribution in [3.63, 3.8) is 0 Å². The lowest BCUT2D eigenvalue weighted by molar-refractivity contribution is -0.894. The number of carboxylic acid groups (broad SMARTS) is 1. The third-order valence-electron chi connectivity index (χ3n) is 3.30. The maximum atomic E-state index is 10.0. The van der Waals surface area contributed by atoms with Crippen LogP contribution < -0.4 is 16.6 Å². The molecule has 0 radical (unpaired) electrons. The quantitative estimate of drug-likeness (QED) is 0.511. The zero-order valence-electron chi connectivity index (χ0n) is 11.9. The fraction of sp³-hybridized carbons (Fsp3) is 0.923. The number of likely N-dealkylation sites (tertiary alicyclic amines) is 1. The number of carboxylic acids is 1. The first-order valence-corrected chi connectivity index (χ1v) is 6.87. The highest BCUT2D eigenvalue weighted by Gasteiger charge is 2.17. The first-order chi connectivity index (χ1) is 8.39. The standard InChI is InChI=1S/C7H16N.C6H14N2O2/c1-8(2)6-4-3-5-7-8;7-4-2-1-3-5(8)6(9)10/h3-7H2,1-2H3;5H,1-4,7-8H2,(H,9,10)/q+1;/p-1/t;5-/m.0/s1. The van der Waals surface area contributed by atoms with Crippen molar-refractivity contribution in [1.82, 2.24) is 0 Å². The van der Waals surface area contributed by atoms with Crippen molar-refractivity contribution in [2.75, 3.05) is 33.7 Å². The number of nitrogens with zero attached hydrogens (tertiary/aromatic N) is 1. The maximum Gasteiger partial charge on any atom is 0.0782 e. The van der Waals surface area contributed by atoms with Gasteiger partial charge in [-0.25, -0.2) is 0 Å². The summed E-state index contributed by atoms with van der Waals surface area (Å²) >= 11 is 0. The molecule has 0 aliphatic carbocycles. The second kappa shape index (κ2) is 9.30. The van der Waals surface area contributed by atoms with Crippen LogP contribution in [0.3, 0.4) is 0 Å². The van der Waals surface area contributed by atoms with E-state index in [1.54, 1.807) is 0 Å². The molecule has 0 saturated carbocycles. The average Bonchev–Trinajstić information content (AvgIpc) is 2.29. The molecule has 5 heteroatoms. The van der Waals surface area contributed by atoms with Crippen LogP contribution in [0.1, 0.15) is 38.5 Å². The number of quaternary nitrogens is 1. The molecule has 18 heavy (non-hydrogen) atoms. The minimum absolute atomic E-state index is 0.458. The van der Waals surface area contributed by atoms with E-state index in [-0.39, 0.29) is 0 Å². The second-order valence-electron chi connectivity index (χ2n) is 5.65. The summed E-state index contributed by atoms with van der Waals surface area (Å²) in [4.78, 5) is 10.0. The van der Waals surface area contributed by atoms with Gasteiger partial charge in [0.2, 0.25) is 0 Å². The van der Waals surface area contributed by atoms with Gasteiger partial charge in [-0.3, -0.25) is 0 Å². The summed E-state index contributed by atoms with van der Waals surface area (Å²) < 4.78 is 1.25. The molecule has 5 nitrogen and oxygen atoms in total. The Labute approximate surface area is 111 Å². The van der Waals surface area contributed by atoms with E-state index in [2.05, 4.69) is 14.1 Å². The Morgan fingerprint density at radius 1 is 1.22 bits per heavy atom. The summed E-state index contributed by atoms with van der Waals surface area (Å²) in [5.41, 5.74) is 10.3. The lowest BCUT2D eigenvalue weighted by Crippen LogP contribution is -2.43. The van der Waals surface area contributed by atoms with Crippen LogP contribution in [0.4, 0.5) is 0 Å². The van der Waals surface area contributed by atoms with Crippen LogP contribution in [-0.2, 0) is 4.79 Å². The van der Waals surface area contributed by atoms with Gasteiger partial charge in [-0.1, -0.05) is 6.42 Å². The molecule has 1 rings (SSSR count). The number of unbranched alkanes of at least 4 members (excludes halogenated alkanes) is 1. The van der Waals surface area contributed by atoms with Crippen LogP contribution in [0.2, 0.25) is 0 Å². The monoisotopic (exact) mass is 259 g/mol. The molecule has 0 bridgehead atoms. The lowest BCUT2D eigenvalue weighted by Gasteiger charge is -2.33. The molecule has 1 aliphatic rings. The molecule has 1 fully saturated rings. The van der Waals surface area contributed by atoms with Gasteiger partial charge in [0.05, 0.1) is 33.2 Å². The Morgan fingerprint density at radius 2 is 1.78 bits per heavy atom. The summed E-state index contributed by atoms with van der Waals surface area (Å²) in [6, 6.07) is -0.827. The summed E-state index contributed by atoms with van der Waals surface area (Å²) in [7, 11) is 4.64. The molecule has 1 atom stereocenters. The Hall–Kier alpha value is -0.650. The van der Waals surface area contributed by atoms with Crippen molar-refractivity contribution in [1.29, 1.82) is 0 Å². The molecule has 1 heterocycles. The third-order valence-corrected chi connectivity index (χ3v) is 3.30. The van der Waals surface area contributed by atoms with E-state index in [0.717, 1.165) is 12.8 Å². The molecular weight excluding hydrogens is 230 g/mol. The zero-order valence-corrected chi connectivity index (χ0v) is 11.9. The van der Waals surface area contributed by atoms with E-state index in [1.807, 2.05) is 0 Å². The fourth-order valence-corrected chi connectivity index (χ4v) is 1.99. The molecule has 0 spiro atoms. The summed E-state index contributed by atoms with van der Waals surface area (Å²) in [6.07, 6.45) is 6.37. The van der Waals surface area contributed by atoms with E-state index in [4.69, 9.17) is 11.5 Å². The fourth-order valence-electron chi connectivity index (χ4n) is 1.99. The van der Waals surface area contributed by atoms with Crippen molar-refractivity contribution in [3.05, 3.63) is 0 Å². The normalized spacial score (nSPS) is 19.6. The number of aliphatic carboxylic acids is 1. The van der Waals surface area contributed by atoms with E-state index in [0.29, 0.717) is 13.0 Å². The molecule has 0 aromatic rings. The largest absolute Gasteiger partial charge is 0.548 e. The molecule has 0 amide bonds. The minimum atomic E-state index is -1.18. The lowest BCUT2D eigenvalue weighted by atomic mass is 10.1. The van der Waals surface area contributed by atoms with Crippen LogP contribution in [0.15, 0.2) is 0 Å². The number of piperidine rings is 1. The second-order valence-corrected chi connectivity index (χ2v) is 5.65. The number of carbonyl (C=O) groups excluding carboxylic acids is 1. The smallest absolute Gasteiger partial charge is 0.0782 e. The molecule has 0 aromatic carbocycles. The molecule has 0 unspecified atom stereocenters. The van der Waals surface area contributed by atoms with E-state index in [9.17, 15) is 9.90 Å². The third kappa shape index (κ3) is 9.39. The highest BCUT2D eigenvalue weighted by atomic mass is 16.4. The topological polar surface area (TPSA) is 92.2 Å². The van der Waals surface area contributed by atoms with Gasteiger partial charge in [0, 0.05) is 6.04 Å². The Morgan fingerprint density at radius 3 is 2.11 bits per heavy atom. The van der Waals surface area contributed by atoms with Crippen LogP contribution in [0.25, 0.3) is 0 Å². The number of rotatable bonds is 5. The number of carbonyl (C=O) groups is 1. The van der Waals surface area contributed by atoms with Crippen molar-refractivity contribution >= 4 is 5.97 Å². The van der Waals surface area contributed by atoms with Crippen molar-refractivity contribution in [2.24, 2.45) is 11.5 Å². The van der Waals surface area contributed by atoms with Gasteiger partial charge in [0.1, 0.15) is 0 Å². The molecule has 0 aromatic heterocycles. The van der Waals surface area contributed by atoms with Gasteiger partial charge >= 0.3 is 0 Å². The zero-order chi connectivity index (χ0) is 14.0. The number of nitrogens with two attached hydrogens (primary N) is 2. The van der Waals surface area contributed by atoms with Crippen LogP contribution in [0, 0.1) is 0 Å². The highest BCUT2D eigenvalue weighted by molar-refractivity contribution is 5.70. The van der Waals surface area contributed by atoms with Crippen molar-refractivity contribution in [3.8, 4) is 0 Å². The van der Waals surface area contributed by atoms with Crippen molar-refractivity contribution in [2.45, 2.75) is 44.6 Å². The first-order valence-electron chi connectivity index (χ1n) is 6.87. The summed E-state index contributed by atoms with van der Waals surface area (Å²) in [5, 5.41) is 10.0. The van der Waals surface area contributed by atoms with Crippen molar-refractivity contribution < 1.29 is 14.4 Å². The van der Waals surface area contributed by atoms with Gasteiger partial charge < -0.3 is 25.9 Å². The van der Waals surface area contributed by atoms with Crippen LogP contribution in [-0.4, -0.2) is 50.2 Å². The van der Waals surface area contributed by atoms with Gasteiger partial charge in [-0.2, -0.15) is 0 Å². The molecule has 4 N–H and O–H groups in total. The highest BCUT2D eigenvalue weighted by Crippen LogP contribution is 2.12. The van der Waals surface area contributed by atoms with Crippen LogP contribution in [0.5, 0.6) is 0 Å². The average molecular weight is 259 g/mol. The predicted octanol–water partition coefficient (Wildman–Crippen LogP) is -0.561. The molecule has 1 aliphatic heterocycles. The number of hydrogen-bond acceptors (Lipinski definition) is 4. The van der Waals surface area contributed by atoms with Gasteiger partial charge in [0.15, 0.2) is 0 Å². The Balaban J connectivity index is 0.000000327. The SMILES string of the molecule is C[N+]1(C)CCCCC1.NCCCC[C@H](N)C(=O)[O-]. The maximum absolute atomic E-state index is 10.0. The van der Waals surface area contributed by atoms with E-state index >= 15 is 0 Å². The predicted molar refractivity (Wildman–Crippen MR) is 71.6 cm³/mol. The molecule has 108 valence electrons. The Bertz CT molecular complexity index is 224. The van der Waals surface area contributed by atoms with Gasteiger partial charge in [-0.05, 0) is 38.6 Å². The van der Waals surface area contributed by atoms with E-state index in [1.165, 1.54) is 36.8 Å². The van der Waals surface area contributed by atoms with E-state index < -0.39 is 12.0 Å². The first kappa shape index (κ1) is 17.4. The van der Waals surface area contributed by atoms with Gasteiger partial charge in [-0.15, -0.1) is 0 Å². The summed E-state index contributed by atoms with van der Waals surface area (Å²) in [6.45, 7) is 3.36. The van der Waals surface area contributed by atoms with Crippen LogP contribution >= 0.6 is 0 Å². The molecule has 1 saturated heterocycles. The molecular formula is C13H29N3O2. The Kier molecular flexibility index (Phi) is 8.97. The van der Waals surface area contributed by atoms with Gasteiger partial charge in [0.25, 0.3) is 0 Å². The number of hydrogen-bond donors (Lipinski definition) is 2. The summed E-state index contributed by atoms with van der Waals surface area (Å²) in [5.74, 6) is -1.18.